The van der Waals surface area contributed by atoms with Crippen molar-refractivity contribution in [2.45, 2.75) is 32.2 Å². The highest BCUT2D eigenvalue weighted by molar-refractivity contribution is 6.13. The summed E-state index contributed by atoms with van der Waals surface area (Å²) in [4.78, 5) is 50.4. The van der Waals surface area contributed by atoms with Gasteiger partial charge in [0.25, 0.3) is 5.56 Å². The van der Waals surface area contributed by atoms with Crippen molar-refractivity contribution < 1.29 is 14.7 Å². The van der Waals surface area contributed by atoms with Crippen molar-refractivity contribution in [3.63, 3.8) is 0 Å². The van der Waals surface area contributed by atoms with E-state index in [1.54, 1.807) is 6.20 Å². The molecule has 198 valence electrons. The number of para-hydroxylation sites is 2. The number of H-pyrrole nitrogens is 1. The Labute approximate surface area is 228 Å². The maximum atomic E-state index is 13.7. The average molecular weight is 532 g/mol. The number of aromatic amines is 1. The minimum Gasteiger partial charge on any atom is -0.481 e. The van der Waals surface area contributed by atoms with Crippen molar-refractivity contribution in [2.75, 3.05) is 0 Å². The van der Waals surface area contributed by atoms with Crippen LogP contribution in [0.1, 0.15) is 42.1 Å². The Bertz CT molecular complexity index is 1880. The fraction of sp³-hybridized carbons (Fsp3) is 0.161. The number of hydrazone groups is 1. The SMILES string of the molecule is Cc1ccc2[nH]c(=O)c(C3=NN(C(=O)CCC(=O)O)[C@H](c4cnc5ccccc5n4)C3)c(-c3ccccc3)c2c1. The smallest absolute Gasteiger partial charge is 0.303 e. The molecule has 1 aliphatic rings. The monoisotopic (exact) mass is 531 g/mol. The van der Waals surface area contributed by atoms with Crippen LogP contribution >= 0.6 is 0 Å². The minimum atomic E-state index is -1.08. The van der Waals surface area contributed by atoms with Crippen molar-refractivity contribution in [1.29, 1.82) is 0 Å². The van der Waals surface area contributed by atoms with Crippen molar-refractivity contribution in [3.8, 4) is 11.1 Å². The number of carbonyl (C=O) groups excluding carboxylic acids is 1. The van der Waals surface area contributed by atoms with Crippen LogP contribution in [0.25, 0.3) is 33.1 Å². The summed E-state index contributed by atoms with van der Waals surface area (Å²) in [6, 6.07) is 22.2. The van der Waals surface area contributed by atoms with Gasteiger partial charge in [-0.15, -0.1) is 0 Å². The van der Waals surface area contributed by atoms with Gasteiger partial charge in [-0.2, -0.15) is 5.10 Å². The molecule has 0 spiro atoms. The number of hydrogen-bond donors (Lipinski definition) is 2. The lowest BCUT2D eigenvalue weighted by Gasteiger charge is -2.21. The number of nitrogens with zero attached hydrogens (tertiary/aromatic N) is 4. The summed E-state index contributed by atoms with van der Waals surface area (Å²) >= 11 is 0. The van der Waals surface area contributed by atoms with Crippen LogP contribution in [0.2, 0.25) is 0 Å². The van der Waals surface area contributed by atoms with E-state index in [1.807, 2.05) is 79.7 Å². The molecule has 1 atom stereocenters. The molecule has 0 saturated carbocycles. The van der Waals surface area contributed by atoms with E-state index in [1.165, 1.54) is 5.01 Å². The number of carboxylic acid groups (broad SMARTS) is 1. The van der Waals surface area contributed by atoms with Crippen LogP contribution in [0.4, 0.5) is 0 Å². The molecule has 2 N–H and O–H groups in total. The summed E-state index contributed by atoms with van der Waals surface area (Å²) in [5, 5.41) is 16.0. The van der Waals surface area contributed by atoms with Crippen LogP contribution < -0.4 is 5.56 Å². The lowest BCUT2D eigenvalue weighted by atomic mass is 9.91. The first-order chi connectivity index (χ1) is 19.4. The molecular weight excluding hydrogens is 506 g/mol. The first kappa shape index (κ1) is 25.1. The normalized spacial score (nSPS) is 15.0. The second-order valence-corrected chi connectivity index (χ2v) is 9.80. The van der Waals surface area contributed by atoms with Gasteiger partial charge in [0.05, 0.1) is 40.6 Å². The Balaban J connectivity index is 1.53. The number of aliphatic carboxylic acids is 1. The molecule has 0 bridgehead atoms. The molecule has 2 aromatic heterocycles. The molecule has 3 heterocycles. The predicted molar refractivity (Wildman–Crippen MR) is 152 cm³/mol. The molecule has 6 rings (SSSR count). The molecule has 9 nitrogen and oxygen atoms in total. The van der Waals surface area contributed by atoms with Gasteiger partial charge in [-0.05, 0) is 36.8 Å². The predicted octanol–water partition coefficient (Wildman–Crippen LogP) is 4.99. The number of amides is 1. The number of aromatic nitrogens is 3. The van der Waals surface area contributed by atoms with Gasteiger partial charge in [-0.25, -0.2) is 9.99 Å². The van der Waals surface area contributed by atoms with E-state index in [9.17, 15) is 19.5 Å². The number of carbonyl (C=O) groups is 2. The van der Waals surface area contributed by atoms with Crippen molar-refractivity contribution in [3.05, 3.63) is 106 Å². The Morgan fingerprint density at radius 1 is 0.975 bits per heavy atom. The van der Waals surface area contributed by atoms with E-state index in [2.05, 4.69) is 15.1 Å². The highest BCUT2D eigenvalue weighted by Crippen LogP contribution is 2.37. The van der Waals surface area contributed by atoms with Gasteiger partial charge in [-0.3, -0.25) is 19.4 Å². The molecule has 0 saturated heterocycles. The Kier molecular flexibility index (Phi) is 6.39. The molecule has 0 radical (unpaired) electrons. The third-order valence-electron chi connectivity index (χ3n) is 7.05. The third-order valence-corrected chi connectivity index (χ3v) is 7.05. The van der Waals surface area contributed by atoms with Crippen molar-refractivity contribution in [2.24, 2.45) is 5.10 Å². The van der Waals surface area contributed by atoms with Gasteiger partial charge in [0, 0.05) is 29.3 Å². The van der Waals surface area contributed by atoms with Gasteiger partial charge in [0.15, 0.2) is 0 Å². The molecule has 3 aromatic carbocycles. The van der Waals surface area contributed by atoms with Gasteiger partial charge < -0.3 is 10.1 Å². The van der Waals surface area contributed by atoms with Crippen LogP contribution in [0.15, 0.2) is 88.9 Å². The van der Waals surface area contributed by atoms with Crippen LogP contribution in [0.5, 0.6) is 0 Å². The Hall–Kier alpha value is -5.18. The van der Waals surface area contributed by atoms with E-state index < -0.39 is 17.9 Å². The number of benzene rings is 3. The molecule has 0 aliphatic carbocycles. The van der Waals surface area contributed by atoms with E-state index >= 15 is 0 Å². The quantitative estimate of drug-likeness (QED) is 0.318. The van der Waals surface area contributed by atoms with E-state index in [0.717, 1.165) is 22.1 Å². The first-order valence-corrected chi connectivity index (χ1v) is 12.9. The lowest BCUT2D eigenvalue weighted by Crippen LogP contribution is -2.28. The highest BCUT2D eigenvalue weighted by Gasteiger charge is 2.36. The van der Waals surface area contributed by atoms with Crippen LogP contribution in [-0.4, -0.2) is 42.7 Å². The Morgan fingerprint density at radius 3 is 2.50 bits per heavy atom. The van der Waals surface area contributed by atoms with E-state index in [0.29, 0.717) is 33.5 Å². The molecule has 0 unspecified atom stereocenters. The van der Waals surface area contributed by atoms with E-state index in [-0.39, 0.29) is 24.8 Å². The van der Waals surface area contributed by atoms with Gasteiger partial charge in [0.2, 0.25) is 5.91 Å². The fourth-order valence-corrected chi connectivity index (χ4v) is 5.17. The van der Waals surface area contributed by atoms with Crippen molar-refractivity contribution in [1.82, 2.24) is 20.0 Å². The molecule has 1 amide bonds. The zero-order valence-electron chi connectivity index (χ0n) is 21.7. The van der Waals surface area contributed by atoms with E-state index in [4.69, 9.17) is 4.98 Å². The maximum Gasteiger partial charge on any atom is 0.303 e. The van der Waals surface area contributed by atoms with Gasteiger partial charge >= 0.3 is 5.97 Å². The largest absolute Gasteiger partial charge is 0.481 e. The number of fused-ring (bicyclic) bond motifs is 2. The zero-order valence-corrected chi connectivity index (χ0v) is 21.7. The number of aryl methyl sites for hydroxylation is 1. The minimum absolute atomic E-state index is 0.214. The standard InChI is InChI=1S/C31H25N5O4/c1-18-11-12-21-20(15-18)29(19-7-3-2-4-8-19)30(31(40)34-21)24-16-26(36(35-24)27(37)13-14-28(38)39)25-17-32-22-9-5-6-10-23(22)33-25/h2-12,15,17,26H,13-14,16H2,1H3,(H,34,40)(H,38,39)/t26-/m0/s1. The maximum absolute atomic E-state index is 13.7. The number of pyridine rings is 1. The second kappa shape index (κ2) is 10.2. The fourth-order valence-electron chi connectivity index (χ4n) is 5.17. The molecule has 5 aromatic rings. The van der Waals surface area contributed by atoms with Crippen LogP contribution in [0, 0.1) is 6.92 Å². The van der Waals surface area contributed by atoms with Crippen molar-refractivity contribution >= 4 is 39.5 Å². The van der Waals surface area contributed by atoms with Gasteiger partial charge in [0.1, 0.15) is 6.04 Å². The number of rotatable bonds is 6. The molecule has 40 heavy (non-hydrogen) atoms. The summed E-state index contributed by atoms with van der Waals surface area (Å²) < 4.78 is 0. The summed E-state index contributed by atoms with van der Waals surface area (Å²) in [5.74, 6) is -1.54. The van der Waals surface area contributed by atoms with Crippen LogP contribution in [-0.2, 0) is 9.59 Å². The summed E-state index contributed by atoms with van der Waals surface area (Å²) in [7, 11) is 0. The first-order valence-electron chi connectivity index (χ1n) is 12.9. The Morgan fingerprint density at radius 2 is 1.73 bits per heavy atom. The topological polar surface area (TPSA) is 129 Å². The average Bonchev–Trinajstić information content (AvgIpc) is 3.41. The zero-order chi connectivity index (χ0) is 27.8. The summed E-state index contributed by atoms with van der Waals surface area (Å²) in [6.45, 7) is 1.99. The molecule has 9 heteroatoms. The number of nitrogens with one attached hydrogen (secondary N) is 1. The molecule has 1 aliphatic heterocycles. The second-order valence-electron chi connectivity index (χ2n) is 9.80. The lowest BCUT2D eigenvalue weighted by molar-refractivity contribution is -0.141. The third kappa shape index (κ3) is 4.62. The van der Waals surface area contributed by atoms with Gasteiger partial charge in [-0.1, -0.05) is 54.1 Å². The number of hydrogen-bond acceptors (Lipinski definition) is 6. The number of carboxylic acids is 1. The summed E-state index contributed by atoms with van der Waals surface area (Å²) in [6.07, 6.45) is 1.25. The van der Waals surface area contributed by atoms with Crippen LogP contribution in [0.3, 0.4) is 0 Å². The molecular formula is C31H25N5O4. The summed E-state index contributed by atoms with van der Waals surface area (Å²) in [5.41, 5.74) is 5.66. The highest BCUT2D eigenvalue weighted by atomic mass is 16.4. The molecule has 0 fully saturated rings.